The molecule has 3 rings (SSSR count). The highest BCUT2D eigenvalue weighted by Crippen LogP contribution is 2.16. The van der Waals surface area contributed by atoms with E-state index in [2.05, 4.69) is 20.6 Å². The third-order valence-corrected chi connectivity index (χ3v) is 3.49. The van der Waals surface area contributed by atoms with Crippen LogP contribution in [0.2, 0.25) is 0 Å². The van der Waals surface area contributed by atoms with Crippen molar-refractivity contribution >= 4 is 5.91 Å². The lowest BCUT2D eigenvalue weighted by atomic mass is 10.1. The second kappa shape index (κ2) is 6.43. The van der Waals surface area contributed by atoms with Crippen molar-refractivity contribution in [3.05, 3.63) is 53.7 Å². The number of benzene rings is 1. The van der Waals surface area contributed by atoms with Crippen LogP contribution in [0.3, 0.4) is 0 Å². The highest BCUT2D eigenvalue weighted by Gasteiger charge is 2.10. The molecule has 2 heterocycles. The summed E-state index contributed by atoms with van der Waals surface area (Å²) in [7, 11) is 1.74. The normalized spacial score (nSPS) is 10.7. The van der Waals surface area contributed by atoms with E-state index >= 15 is 0 Å². The lowest BCUT2D eigenvalue weighted by Crippen LogP contribution is -2.25. The molecule has 0 bridgehead atoms. The van der Waals surface area contributed by atoms with E-state index in [0.29, 0.717) is 30.4 Å². The molecule has 1 aromatic carbocycles. The van der Waals surface area contributed by atoms with E-state index in [4.69, 9.17) is 4.52 Å². The quantitative estimate of drug-likeness (QED) is 0.778. The molecule has 3 aromatic rings. The predicted molar refractivity (Wildman–Crippen MR) is 83.5 cm³/mol. The van der Waals surface area contributed by atoms with Gasteiger partial charge in [-0.05, 0) is 11.6 Å². The lowest BCUT2D eigenvalue weighted by molar-refractivity contribution is 0.0941. The van der Waals surface area contributed by atoms with Gasteiger partial charge in [-0.25, -0.2) is 0 Å². The van der Waals surface area contributed by atoms with Crippen LogP contribution in [0.1, 0.15) is 28.9 Å². The Morgan fingerprint density at radius 1 is 1.26 bits per heavy atom. The first-order chi connectivity index (χ1) is 11.2. The van der Waals surface area contributed by atoms with Gasteiger partial charge >= 0.3 is 0 Å². The smallest absolute Gasteiger partial charge is 0.269 e. The molecule has 7 heteroatoms. The Morgan fingerprint density at radius 3 is 2.65 bits per heavy atom. The van der Waals surface area contributed by atoms with Crippen LogP contribution < -0.4 is 5.32 Å². The van der Waals surface area contributed by atoms with Crippen molar-refractivity contribution < 1.29 is 9.32 Å². The monoisotopic (exact) mass is 311 g/mol. The average Bonchev–Trinajstić information content (AvgIpc) is 3.22. The molecule has 0 fully saturated rings. The summed E-state index contributed by atoms with van der Waals surface area (Å²) in [5.41, 5.74) is 2.40. The molecule has 0 radical (unpaired) electrons. The van der Waals surface area contributed by atoms with Gasteiger partial charge in [0.05, 0.1) is 0 Å². The van der Waals surface area contributed by atoms with Crippen molar-refractivity contribution in [2.45, 2.75) is 19.9 Å². The summed E-state index contributed by atoms with van der Waals surface area (Å²) in [5, 5.41) is 10.8. The zero-order chi connectivity index (χ0) is 16.2. The fourth-order valence-corrected chi connectivity index (χ4v) is 2.16. The van der Waals surface area contributed by atoms with Crippen molar-refractivity contribution in [1.82, 2.24) is 25.2 Å². The Kier molecular flexibility index (Phi) is 4.18. The molecular weight excluding hydrogens is 294 g/mol. The van der Waals surface area contributed by atoms with E-state index in [1.807, 2.05) is 31.2 Å². The molecule has 2 aromatic heterocycles. The van der Waals surface area contributed by atoms with Crippen molar-refractivity contribution in [2.75, 3.05) is 0 Å². The van der Waals surface area contributed by atoms with Crippen molar-refractivity contribution in [3.63, 3.8) is 0 Å². The summed E-state index contributed by atoms with van der Waals surface area (Å²) in [6.45, 7) is 2.40. The van der Waals surface area contributed by atoms with Gasteiger partial charge in [0.1, 0.15) is 5.69 Å². The topological polar surface area (TPSA) is 85.8 Å². The first kappa shape index (κ1) is 15.0. The van der Waals surface area contributed by atoms with Gasteiger partial charge in [-0.2, -0.15) is 10.1 Å². The van der Waals surface area contributed by atoms with E-state index in [1.54, 1.807) is 24.0 Å². The summed E-state index contributed by atoms with van der Waals surface area (Å²) in [5.74, 6) is 1.04. The van der Waals surface area contributed by atoms with Crippen LogP contribution in [0.4, 0.5) is 0 Å². The van der Waals surface area contributed by atoms with Crippen LogP contribution in [-0.4, -0.2) is 25.8 Å². The van der Waals surface area contributed by atoms with E-state index < -0.39 is 0 Å². The molecule has 23 heavy (non-hydrogen) atoms. The van der Waals surface area contributed by atoms with E-state index in [9.17, 15) is 4.79 Å². The summed E-state index contributed by atoms with van der Waals surface area (Å²) in [6.07, 6.45) is 2.31. The van der Waals surface area contributed by atoms with Crippen molar-refractivity contribution in [2.24, 2.45) is 7.05 Å². The summed E-state index contributed by atoms with van der Waals surface area (Å²) in [4.78, 5) is 16.3. The van der Waals surface area contributed by atoms with E-state index in [-0.39, 0.29) is 5.91 Å². The molecule has 1 amide bonds. The van der Waals surface area contributed by atoms with Gasteiger partial charge in [-0.15, -0.1) is 0 Å². The minimum Gasteiger partial charge on any atom is -0.347 e. The molecule has 1 N–H and O–H groups in total. The van der Waals surface area contributed by atoms with Crippen LogP contribution in [0.15, 0.2) is 41.1 Å². The van der Waals surface area contributed by atoms with Crippen LogP contribution in [-0.2, 0) is 20.0 Å². The molecule has 0 spiro atoms. The molecule has 0 atom stereocenters. The lowest BCUT2D eigenvalue weighted by Gasteiger charge is -2.06. The molecule has 118 valence electrons. The highest BCUT2D eigenvalue weighted by atomic mass is 16.5. The summed E-state index contributed by atoms with van der Waals surface area (Å²) >= 11 is 0. The van der Waals surface area contributed by atoms with Crippen LogP contribution >= 0.6 is 0 Å². The fourth-order valence-electron chi connectivity index (χ4n) is 2.16. The van der Waals surface area contributed by atoms with Gasteiger partial charge in [-0.3, -0.25) is 9.48 Å². The number of hydrogen-bond acceptors (Lipinski definition) is 5. The molecule has 0 aliphatic heterocycles. The molecule has 0 aliphatic carbocycles. The number of nitrogens with zero attached hydrogens (tertiary/aromatic N) is 4. The molecular formula is C16H17N5O2. The maximum atomic E-state index is 12.0. The zero-order valence-electron chi connectivity index (χ0n) is 13.0. The Bertz CT molecular complexity index is 804. The number of rotatable bonds is 5. The minimum absolute atomic E-state index is 0.153. The summed E-state index contributed by atoms with van der Waals surface area (Å²) in [6, 6.07) is 9.37. The van der Waals surface area contributed by atoms with E-state index in [1.165, 1.54) is 0 Å². The number of carbonyl (C=O) groups is 1. The SMILES string of the molecule is CCc1nc(-c2ccc(CNC(=O)c3ccnn3C)cc2)no1. The van der Waals surface area contributed by atoms with E-state index in [0.717, 1.165) is 11.1 Å². The third kappa shape index (κ3) is 3.28. The van der Waals surface area contributed by atoms with Crippen LogP contribution in [0.5, 0.6) is 0 Å². The number of amides is 1. The second-order valence-electron chi connectivity index (χ2n) is 5.08. The van der Waals surface area contributed by atoms with Crippen molar-refractivity contribution in [1.29, 1.82) is 0 Å². The second-order valence-corrected chi connectivity index (χ2v) is 5.08. The van der Waals surface area contributed by atoms with Crippen molar-refractivity contribution in [3.8, 4) is 11.4 Å². The highest BCUT2D eigenvalue weighted by molar-refractivity contribution is 5.92. The van der Waals surface area contributed by atoms with Gasteiger partial charge in [0, 0.05) is 31.8 Å². The predicted octanol–water partition coefficient (Wildman–Crippen LogP) is 1.96. The summed E-state index contributed by atoms with van der Waals surface area (Å²) < 4.78 is 6.65. The molecule has 0 aliphatic rings. The third-order valence-electron chi connectivity index (χ3n) is 3.49. The Balaban J connectivity index is 1.63. The minimum atomic E-state index is -0.153. The number of carbonyl (C=O) groups excluding carboxylic acids is 1. The van der Waals surface area contributed by atoms with Gasteiger partial charge in [-0.1, -0.05) is 36.3 Å². The maximum Gasteiger partial charge on any atom is 0.269 e. The van der Waals surface area contributed by atoms with Gasteiger partial charge in [0.25, 0.3) is 5.91 Å². The standard InChI is InChI=1S/C16H17N5O2/c1-3-14-19-15(20-23-14)12-6-4-11(5-7-12)10-17-16(22)13-8-9-18-21(13)2/h4-9H,3,10H2,1-2H3,(H,17,22). The van der Waals surface area contributed by atoms with Crippen LogP contribution in [0.25, 0.3) is 11.4 Å². The molecule has 0 saturated heterocycles. The number of hydrogen-bond donors (Lipinski definition) is 1. The first-order valence-corrected chi connectivity index (χ1v) is 7.35. The fraction of sp³-hybridized carbons (Fsp3) is 0.250. The molecule has 7 nitrogen and oxygen atoms in total. The Morgan fingerprint density at radius 2 is 2.04 bits per heavy atom. The molecule has 0 saturated carbocycles. The largest absolute Gasteiger partial charge is 0.347 e. The number of aryl methyl sites for hydroxylation is 2. The van der Waals surface area contributed by atoms with Gasteiger partial charge in [0.2, 0.25) is 11.7 Å². The van der Waals surface area contributed by atoms with Crippen LogP contribution in [0, 0.1) is 0 Å². The Labute approximate surface area is 133 Å². The van der Waals surface area contributed by atoms with Gasteiger partial charge < -0.3 is 9.84 Å². The average molecular weight is 311 g/mol. The van der Waals surface area contributed by atoms with Gasteiger partial charge in [0.15, 0.2) is 0 Å². The number of nitrogens with one attached hydrogen (secondary N) is 1. The first-order valence-electron chi connectivity index (χ1n) is 7.35. The Hall–Kier alpha value is -2.96. The maximum absolute atomic E-state index is 12.0. The molecule has 0 unspecified atom stereocenters. The number of aromatic nitrogens is 4. The zero-order valence-corrected chi connectivity index (χ0v) is 13.0.